The molecule has 1 amide bonds. The molecule has 1 saturated heterocycles. The first-order chi connectivity index (χ1) is 8.42. The van der Waals surface area contributed by atoms with Crippen molar-refractivity contribution in [2.75, 3.05) is 13.7 Å². The Morgan fingerprint density at radius 2 is 2.17 bits per heavy atom. The first-order valence-corrected chi connectivity index (χ1v) is 6.08. The fourth-order valence-electron chi connectivity index (χ4n) is 1.52. The third-order valence-corrected chi connectivity index (χ3v) is 2.38. The van der Waals surface area contributed by atoms with E-state index in [1.54, 1.807) is 0 Å². The van der Waals surface area contributed by atoms with Crippen molar-refractivity contribution in [3.05, 3.63) is 0 Å². The summed E-state index contributed by atoms with van der Waals surface area (Å²) >= 11 is 0. The molecule has 104 valence electrons. The second kappa shape index (κ2) is 6.77. The number of nitrogens with one attached hydrogen (secondary N) is 2. The zero-order valence-electron chi connectivity index (χ0n) is 11.4. The summed E-state index contributed by atoms with van der Waals surface area (Å²) in [6.45, 7) is 6.74. The van der Waals surface area contributed by atoms with E-state index in [9.17, 15) is 4.79 Å². The number of methoxy groups -OCH3 is 1. The highest BCUT2D eigenvalue weighted by Crippen LogP contribution is 2.13. The van der Waals surface area contributed by atoms with Crippen LogP contribution in [0.25, 0.3) is 0 Å². The van der Waals surface area contributed by atoms with Gasteiger partial charge < -0.3 is 4.74 Å². The minimum Gasteiger partial charge on any atom is -0.450 e. The van der Waals surface area contributed by atoms with Crippen molar-refractivity contribution in [1.29, 1.82) is 0 Å². The molecular formula is C11H22N4O3. The molecule has 2 atom stereocenters. The standard InChI is InChI=1S/C11H22N4O3/c1-11(2,3)18-15-9-8(6-5-7-12-9)13-14-10(16)17-4/h8-9,12,15H,5-7H2,1-4H3. The summed E-state index contributed by atoms with van der Waals surface area (Å²) in [5, 5.41) is 10.7. The van der Waals surface area contributed by atoms with Gasteiger partial charge in [0, 0.05) is 0 Å². The van der Waals surface area contributed by atoms with Crippen LogP contribution in [-0.4, -0.2) is 37.6 Å². The lowest BCUT2D eigenvalue weighted by molar-refractivity contribution is -0.0991. The first-order valence-electron chi connectivity index (χ1n) is 6.08. The van der Waals surface area contributed by atoms with Crippen LogP contribution < -0.4 is 10.8 Å². The van der Waals surface area contributed by atoms with Gasteiger partial charge in [-0.25, -0.2) is 4.79 Å². The molecule has 18 heavy (non-hydrogen) atoms. The molecule has 1 fully saturated rings. The summed E-state index contributed by atoms with van der Waals surface area (Å²) in [4.78, 5) is 16.4. The number of azo groups is 1. The summed E-state index contributed by atoms with van der Waals surface area (Å²) < 4.78 is 4.42. The molecule has 0 radical (unpaired) electrons. The summed E-state index contributed by atoms with van der Waals surface area (Å²) in [7, 11) is 1.28. The molecule has 2 unspecified atom stereocenters. The lowest BCUT2D eigenvalue weighted by Gasteiger charge is -2.32. The zero-order chi connectivity index (χ0) is 13.6. The number of rotatable bonds is 3. The minimum atomic E-state index is -0.684. The average molecular weight is 258 g/mol. The van der Waals surface area contributed by atoms with E-state index in [1.807, 2.05) is 20.8 Å². The maximum atomic E-state index is 10.9. The maximum absolute atomic E-state index is 10.9. The van der Waals surface area contributed by atoms with E-state index in [4.69, 9.17) is 4.84 Å². The van der Waals surface area contributed by atoms with Crippen LogP contribution in [0.2, 0.25) is 0 Å². The molecule has 1 rings (SSSR count). The van der Waals surface area contributed by atoms with Crippen LogP contribution in [-0.2, 0) is 9.57 Å². The molecule has 0 spiro atoms. The van der Waals surface area contributed by atoms with Gasteiger partial charge in [-0.1, -0.05) is 5.11 Å². The Hall–Kier alpha value is -1.05. The Morgan fingerprint density at radius 1 is 1.44 bits per heavy atom. The van der Waals surface area contributed by atoms with E-state index < -0.39 is 6.09 Å². The van der Waals surface area contributed by atoms with Crippen molar-refractivity contribution >= 4 is 6.09 Å². The van der Waals surface area contributed by atoms with Crippen molar-refractivity contribution < 1.29 is 14.4 Å². The molecule has 2 N–H and O–H groups in total. The van der Waals surface area contributed by atoms with Gasteiger partial charge >= 0.3 is 6.09 Å². The molecule has 0 bridgehead atoms. The number of hydrogen-bond donors (Lipinski definition) is 2. The number of nitrogens with zero attached hydrogens (tertiary/aromatic N) is 2. The molecule has 0 aromatic carbocycles. The first kappa shape index (κ1) is 15.0. The van der Waals surface area contributed by atoms with Crippen LogP contribution in [0.15, 0.2) is 10.2 Å². The molecular weight excluding hydrogens is 236 g/mol. The third-order valence-electron chi connectivity index (χ3n) is 2.38. The number of hydrogen-bond acceptors (Lipinski definition) is 6. The van der Waals surface area contributed by atoms with Gasteiger partial charge in [0.25, 0.3) is 0 Å². The van der Waals surface area contributed by atoms with Crippen LogP contribution in [0, 0.1) is 0 Å². The monoisotopic (exact) mass is 258 g/mol. The van der Waals surface area contributed by atoms with Crippen molar-refractivity contribution in [1.82, 2.24) is 10.8 Å². The van der Waals surface area contributed by atoms with Crippen molar-refractivity contribution in [3.63, 3.8) is 0 Å². The number of piperidine rings is 1. The van der Waals surface area contributed by atoms with Gasteiger partial charge in [0.05, 0.1) is 12.7 Å². The molecule has 1 aliphatic rings. The van der Waals surface area contributed by atoms with Crippen molar-refractivity contribution in [3.8, 4) is 0 Å². The summed E-state index contributed by atoms with van der Waals surface area (Å²) in [5.41, 5.74) is 2.65. The number of carbonyl (C=O) groups excluding carboxylic acids is 1. The number of hydroxylamine groups is 1. The lowest BCUT2D eigenvalue weighted by atomic mass is 10.1. The molecule has 0 aromatic rings. The van der Waals surface area contributed by atoms with Gasteiger partial charge in [0.1, 0.15) is 12.2 Å². The van der Waals surface area contributed by atoms with Gasteiger partial charge in [0.15, 0.2) is 0 Å². The van der Waals surface area contributed by atoms with Crippen LogP contribution in [0.4, 0.5) is 4.79 Å². The van der Waals surface area contributed by atoms with Gasteiger partial charge in [-0.05, 0) is 40.2 Å². The molecule has 0 aromatic heterocycles. The van der Waals surface area contributed by atoms with Crippen molar-refractivity contribution in [2.45, 2.75) is 51.4 Å². The van der Waals surface area contributed by atoms with Crippen LogP contribution in [0.5, 0.6) is 0 Å². The van der Waals surface area contributed by atoms with Crippen LogP contribution >= 0.6 is 0 Å². The lowest BCUT2D eigenvalue weighted by Crippen LogP contribution is -2.54. The molecule has 1 heterocycles. The summed E-state index contributed by atoms with van der Waals surface area (Å²) in [6, 6.07) is -0.139. The second-order valence-corrected chi connectivity index (χ2v) is 5.16. The van der Waals surface area contributed by atoms with E-state index >= 15 is 0 Å². The van der Waals surface area contributed by atoms with E-state index in [0.717, 1.165) is 19.4 Å². The van der Waals surface area contributed by atoms with E-state index in [-0.39, 0.29) is 17.8 Å². The Labute approximate surface area is 107 Å². The normalized spacial score (nSPS) is 25.3. The Balaban J connectivity index is 2.51. The summed E-state index contributed by atoms with van der Waals surface area (Å²) in [6.07, 6.45) is 1.000. The van der Waals surface area contributed by atoms with Gasteiger partial charge in [-0.3, -0.25) is 10.2 Å². The fraction of sp³-hybridized carbons (Fsp3) is 0.909. The SMILES string of the molecule is COC(=O)N=NC1CCCNC1NOC(C)(C)C. The molecule has 0 saturated carbocycles. The number of carbonyl (C=O) groups is 1. The highest BCUT2D eigenvalue weighted by molar-refractivity contribution is 5.67. The van der Waals surface area contributed by atoms with Crippen LogP contribution in [0.3, 0.4) is 0 Å². The fourth-order valence-corrected chi connectivity index (χ4v) is 1.52. The predicted octanol–water partition coefficient (Wildman–Crippen LogP) is 1.60. The Kier molecular flexibility index (Phi) is 5.64. The third kappa shape index (κ3) is 5.52. The second-order valence-electron chi connectivity index (χ2n) is 5.16. The van der Waals surface area contributed by atoms with Crippen LogP contribution in [0.1, 0.15) is 33.6 Å². The largest absolute Gasteiger partial charge is 0.451 e. The molecule has 0 aliphatic carbocycles. The Morgan fingerprint density at radius 3 is 2.78 bits per heavy atom. The topological polar surface area (TPSA) is 84.3 Å². The number of amides is 1. The van der Waals surface area contributed by atoms with E-state index in [2.05, 4.69) is 25.8 Å². The number of ether oxygens (including phenoxy) is 1. The van der Waals surface area contributed by atoms with Gasteiger partial charge in [-0.2, -0.15) is 10.6 Å². The minimum absolute atomic E-state index is 0.139. The average Bonchev–Trinajstić information content (AvgIpc) is 2.33. The molecule has 1 aliphatic heterocycles. The maximum Gasteiger partial charge on any atom is 0.451 e. The smallest absolute Gasteiger partial charge is 0.450 e. The van der Waals surface area contributed by atoms with Crippen molar-refractivity contribution in [2.24, 2.45) is 10.2 Å². The highest BCUT2D eigenvalue weighted by Gasteiger charge is 2.26. The zero-order valence-corrected chi connectivity index (χ0v) is 11.4. The Bertz CT molecular complexity index is 301. The molecule has 7 heteroatoms. The van der Waals surface area contributed by atoms with Gasteiger partial charge in [-0.15, -0.1) is 0 Å². The highest BCUT2D eigenvalue weighted by atomic mass is 16.7. The predicted molar refractivity (Wildman–Crippen MR) is 66.0 cm³/mol. The van der Waals surface area contributed by atoms with E-state index in [0.29, 0.717) is 0 Å². The van der Waals surface area contributed by atoms with Gasteiger partial charge in [0.2, 0.25) is 0 Å². The quantitative estimate of drug-likeness (QED) is 0.593. The van der Waals surface area contributed by atoms with E-state index in [1.165, 1.54) is 7.11 Å². The molecule has 7 nitrogen and oxygen atoms in total. The summed E-state index contributed by atoms with van der Waals surface area (Å²) in [5.74, 6) is 0.